The summed E-state index contributed by atoms with van der Waals surface area (Å²) in [5.74, 6) is -1.09. The van der Waals surface area contributed by atoms with Crippen LogP contribution in [0.2, 0.25) is 0 Å². The van der Waals surface area contributed by atoms with E-state index in [9.17, 15) is 14.0 Å². The molecule has 22 heavy (non-hydrogen) atoms. The number of amides is 2. The number of carbonyl (C=O) groups is 2. The maximum absolute atomic E-state index is 13.5. The van der Waals surface area contributed by atoms with E-state index < -0.39 is 17.3 Å². The van der Waals surface area contributed by atoms with Crippen molar-refractivity contribution in [3.05, 3.63) is 18.1 Å². The van der Waals surface area contributed by atoms with Crippen LogP contribution in [-0.2, 0) is 9.59 Å². The first kappa shape index (κ1) is 14.7. The highest BCUT2D eigenvalue weighted by atomic mass is 19.1. The second kappa shape index (κ2) is 5.20. The van der Waals surface area contributed by atoms with Crippen LogP contribution in [0, 0.1) is 5.82 Å². The van der Waals surface area contributed by atoms with Gasteiger partial charge in [-0.3, -0.25) is 9.59 Å². The van der Waals surface area contributed by atoms with E-state index in [1.165, 1.54) is 11.0 Å². The zero-order chi connectivity index (χ0) is 15.9. The molecule has 0 aromatic carbocycles. The topological polar surface area (TPSA) is 112 Å². The third kappa shape index (κ3) is 2.39. The Morgan fingerprint density at radius 2 is 2.14 bits per heavy atom. The second-order valence-electron chi connectivity index (χ2n) is 5.78. The van der Waals surface area contributed by atoms with Gasteiger partial charge < -0.3 is 21.1 Å². The fraction of sp³-hybridized carbons (Fsp3) is 0.500. The number of aromatic nitrogens is 1. The predicted molar refractivity (Wildman–Crippen MR) is 75.5 cm³/mol. The number of rotatable bonds is 2. The molecule has 0 saturated heterocycles. The molecular weight excluding hydrogens is 291 g/mol. The molecule has 1 aliphatic heterocycles. The Bertz CT molecular complexity index is 629. The third-order valence-corrected chi connectivity index (χ3v) is 4.36. The SMILES string of the molecule is NC(=O)[C@]1(N)CC[C@H](N2C(=O)COc3ncc(F)cc32)CC1. The minimum atomic E-state index is -1.03. The number of halogens is 1. The zero-order valence-electron chi connectivity index (χ0n) is 11.9. The number of primary amides is 1. The van der Waals surface area contributed by atoms with Crippen LogP contribution >= 0.6 is 0 Å². The number of nitrogens with zero attached hydrogens (tertiary/aromatic N) is 2. The van der Waals surface area contributed by atoms with Gasteiger partial charge in [0.1, 0.15) is 11.5 Å². The van der Waals surface area contributed by atoms with Crippen molar-refractivity contribution in [1.82, 2.24) is 4.98 Å². The largest absolute Gasteiger partial charge is 0.466 e. The fourth-order valence-electron chi connectivity index (χ4n) is 3.06. The van der Waals surface area contributed by atoms with Crippen molar-refractivity contribution in [2.75, 3.05) is 11.5 Å². The van der Waals surface area contributed by atoms with Gasteiger partial charge in [-0.15, -0.1) is 0 Å². The van der Waals surface area contributed by atoms with Crippen LogP contribution in [0.4, 0.5) is 10.1 Å². The molecule has 2 amide bonds. The number of anilines is 1. The normalized spacial score (nSPS) is 28.0. The molecule has 0 unspecified atom stereocenters. The smallest absolute Gasteiger partial charge is 0.265 e. The maximum atomic E-state index is 13.5. The first-order valence-electron chi connectivity index (χ1n) is 7.10. The van der Waals surface area contributed by atoms with Crippen LogP contribution in [0.25, 0.3) is 0 Å². The zero-order valence-corrected chi connectivity index (χ0v) is 11.9. The van der Waals surface area contributed by atoms with E-state index in [-0.39, 0.29) is 24.4 Å². The Hall–Kier alpha value is -2.22. The van der Waals surface area contributed by atoms with Gasteiger partial charge in [0.25, 0.3) is 5.91 Å². The summed E-state index contributed by atoms with van der Waals surface area (Å²) in [6, 6.07) is 1.06. The minimum absolute atomic E-state index is 0.133. The van der Waals surface area contributed by atoms with Gasteiger partial charge in [0.15, 0.2) is 6.61 Å². The van der Waals surface area contributed by atoms with E-state index in [0.717, 1.165) is 6.20 Å². The molecule has 2 aliphatic rings. The van der Waals surface area contributed by atoms with Crippen LogP contribution in [-0.4, -0.2) is 35.0 Å². The number of hydrogen-bond donors (Lipinski definition) is 2. The van der Waals surface area contributed by atoms with Crippen LogP contribution in [0.5, 0.6) is 5.88 Å². The van der Waals surface area contributed by atoms with Gasteiger partial charge in [-0.05, 0) is 25.7 Å². The number of ether oxygens (including phenoxy) is 1. The molecule has 0 atom stereocenters. The molecule has 1 saturated carbocycles. The molecule has 1 fully saturated rings. The number of hydrogen-bond acceptors (Lipinski definition) is 5. The Kier molecular flexibility index (Phi) is 3.48. The fourth-order valence-corrected chi connectivity index (χ4v) is 3.06. The van der Waals surface area contributed by atoms with E-state index in [1.54, 1.807) is 0 Å². The van der Waals surface area contributed by atoms with E-state index in [2.05, 4.69) is 4.98 Å². The number of nitrogens with two attached hydrogens (primary N) is 2. The summed E-state index contributed by atoms with van der Waals surface area (Å²) in [5, 5.41) is 0. The van der Waals surface area contributed by atoms with Crippen molar-refractivity contribution in [3.63, 3.8) is 0 Å². The average molecular weight is 308 g/mol. The predicted octanol–water partition coefficient (Wildman–Crippen LogP) is 0.0715. The Morgan fingerprint density at radius 1 is 1.45 bits per heavy atom. The summed E-state index contributed by atoms with van der Waals surface area (Å²) >= 11 is 0. The molecule has 8 heteroatoms. The first-order chi connectivity index (χ1) is 10.4. The van der Waals surface area contributed by atoms with E-state index in [1.807, 2.05) is 0 Å². The molecule has 1 aliphatic carbocycles. The molecule has 0 bridgehead atoms. The monoisotopic (exact) mass is 308 g/mol. The van der Waals surface area contributed by atoms with E-state index in [4.69, 9.17) is 16.2 Å². The number of carbonyl (C=O) groups excluding carboxylic acids is 2. The van der Waals surface area contributed by atoms with Gasteiger partial charge >= 0.3 is 0 Å². The van der Waals surface area contributed by atoms with Crippen LogP contribution in [0.3, 0.4) is 0 Å². The van der Waals surface area contributed by atoms with Crippen LogP contribution in [0.15, 0.2) is 12.3 Å². The third-order valence-electron chi connectivity index (χ3n) is 4.36. The van der Waals surface area contributed by atoms with Gasteiger partial charge in [-0.2, -0.15) is 0 Å². The van der Waals surface area contributed by atoms with Crippen molar-refractivity contribution in [2.24, 2.45) is 11.5 Å². The molecular formula is C14H17FN4O3. The Balaban J connectivity index is 1.85. The highest BCUT2D eigenvalue weighted by Gasteiger charge is 2.41. The molecule has 3 rings (SSSR count). The van der Waals surface area contributed by atoms with Crippen molar-refractivity contribution in [2.45, 2.75) is 37.3 Å². The van der Waals surface area contributed by atoms with Gasteiger partial charge in [-0.1, -0.05) is 0 Å². The molecule has 118 valence electrons. The van der Waals surface area contributed by atoms with Gasteiger partial charge in [0.2, 0.25) is 11.8 Å². The molecule has 1 aromatic heterocycles. The number of fused-ring (bicyclic) bond motifs is 1. The average Bonchev–Trinajstić information content (AvgIpc) is 2.48. The molecule has 0 radical (unpaired) electrons. The van der Waals surface area contributed by atoms with Gasteiger partial charge in [0, 0.05) is 12.1 Å². The lowest BCUT2D eigenvalue weighted by Crippen LogP contribution is -2.57. The summed E-state index contributed by atoms with van der Waals surface area (Å²) in [5.41, 5.74) is 10.6. The molecule has 7 nitrogen and oxygen atoms in total. The summed E-state index contributed by atoms with van der Waals surface area (Å²) in [7, 11) is 0. The standard InChI is InChI=1S/C14H17FN4O3/c15-8-5-10-12(18-6-8)22-7-11(20)19(10)9-1-3-14(17,4-2-9)13(16)21/h5-6,9H,1-4,7,17H2,(H2,16,21)/t9-,14-. The van der Waals surface area contributed by atoms with E-state index >= 15 is 0 Å². The van der Waals surface area contributed by atoms with Crippen molar-refractivity contribution in [3.8, 4) is 5.88 Å². The summed E-state index contributed by atoms with van der Waals surface area (Å²) < 4.78 is 18.7. The Morgan fingerprint density at radius 3 is 2.77 bits per heavy atom. The summed E-state index contributed by atoms with van der Waals surface area (Å²) in [4.78, 5) is 29.0. The van der Waals surface area contributed by atoms with Crippen molar-refractivity contribution >= 4 is 17.5 Å². The number of pyridine rings is 1. The van der Waals surface area contributed by atoms with Crippen molar-refractivity contribution < 1.29 is 18.7 Å². The molecule has 0 spiro atoms. The van der Waals surface area contributed by atoms with Gasteiger partial charge in [-0.25, -0.2) is 9.37 Å². The minimum Gasteiger partial charge on any atom is -0.466 e. The molecule has 1 aromatic rings. The Labute approximate surface area is 126 Å². The van der Waals surface area contributed by atoms with Crippen molar-refractivity contribution in [1.29, 1.82) is 0 Å². The quantitative estimate of drug-likeness (QED) is 0.803. The lowest BCUT2D eigenvalue weighted by molar-refractivity contribution is -0.124. The highest BCUT2D eigenvalue weighted by molar-refractivity contribution is 5.98. The van der Waals surface area contributed by atoms with Crippen LogP contribution in [0.1, 0.15) is 25.7 Å². The summed E-state index contributed by atoms with van der Waals surface area (Å²) in [6.45, 7) is -0.133. The lowest BCUT2D eigenvalue weighted by Gasteiger charge is -2.41. The van der Waals surface area contributed by atoms with E-state index in [0.29, 0.717) is 31.4 Å². The first-order valence-corrected chi connectivity index (χ1v) is 7.10. The molecule has 4 N–H and O–H groups in total. The van der Waals surface area contributed by atoms with Crippen LogP contribution < -0.4 is 21.1 Å². The maximum Gasteiger partial charge on any atom is 0.265 e. The molecule has 2 heterocycles. The lowest BCUT2D eigenvalue weighted by atomic mass is 9.79. The van der Waals surface area contributed by atoms with Gasteiger partial charge in [0.05, 0.1) is 11.7 Å². The highest BCUT2D eigenvalue weighted by Crippen LogP contribution is 2.37. The second-order valence-corrected chi connectivity index (χ2v) is 5.78. The summed E-state index contributed by atoms with van der Waals surface area (Å²) in [6.07, 6.45) is 2.85.